The third kappa shape index (κ3) is 4.06. The maximum Gasteiger partial charge on any atom is 0.513 e. The molecule has 4 rings (SSSR count). The van der Waals surface area contributed by atoms with Crippen molar-refractivity contribution in [3.63, 3.8) is 0 Å². The van der Waals surface area contributed by atoms with Gasteiger partial charge in [-0.25, -0.2) is 4.79 Å². The fourth-order valence-corrected chi connectivity index (χ4v) is 2.89. The number of benzene rings is 3. The Bertz CT molecular complexity index is 1240. The molecule has 29 heavy (non-hydrogen) atoms. The Kier molecular flexibility index (Phi) is 5.16. The van der Waals surface area contributed by atoms with Crippen molar-refractivity contribution in [1.29, 1.82) is 0 Å². The van der Waals surface area contributed by atoms with Crippen LogP contribution in [0.1, 0.15) is 13.3 Å². The monoisotopic (exact) mass is 390 g/mol. The first-order valence-corrected chi connectivity index (χ1v) is 9.21. The summed E-state index contributed by atoms with van der Waals surface area (Å²) in [5, 5.41) is 2.40. The van der Waals surface area contributed by atoms with E-state index in [-0.39, 0.29) is 29.1 Å². The normalized spacial score (nSPS) is 10.8. The molecule has 0 saturated heterocycles. The SMILES string of the molecule is CCCOC(=O)Oc1ccc2c(=O)c(Oc3ccc4ccccc4c3)coc2c1. The van der Waals surface area contributed by atoms with Crippen molar-refractivity contribution in [2.75, 3.05) is 6.61 Å². The van der Waals surface area contributed by atoms with E-state index >= 15 is 0 Å². The lowest BCUT2D eigenvalue weighted by molar-refractivity contribution is 0.0992. The second-order valence-corrected chi connectivity index (χ2v) is 6.40. The van der Waals surface area contributed by atoms with Gasteiger partial charge < -0.3 is 18.6 Å². The van der Waals surface area contributed by atoms with Gasteiger partial charge in [0.05, 0.1) is 12.0 Å². The van der Waals surface area contributed by atoms with Gasteiger partial charge in [-0.15, -0.1) is 0 Å². The van der Waals surface area contributed by atoms with E-state index in [2.05, 4.69) is 0 Å². The number of hydrogen-bond donors (Lipinski definition) is 0. The highest BCUT2D eigenvalue weighted by Gasteiger charge is 2.12. The maximum atomic E-state index is 12.8. The summed E-state index contributed by atoms with van der Waals surface area (Å²) in [5.41, 5.74) is -0.0406. The number of rotatable bonds is 5. The molecule has 1 aromatic heterocycles. The zero-order valence-corrected chi connectivity index (χ0v) is 15.7. The number of carbonyl (C=O) groups is 1. The van der Waals surface area contributed by atoms with Crippen molar-refractivity contribution in [2.45, 2.75) is 13.3 Å². The standard InChI is InChI=1S/C23H18O6/c1-2-11-26-23(25)29-18-9-10-19-20(13-18)27-14-21(22(19)24)28-17-8-7-15-5-3-4-6-16(15)12-17/h3-10,12-14H,2,11H2,1H3. The Morgan fingerprint density at radius 1 is 0.966 bits per heavy atom. The number of carbonyl (C=O) groups excluding carboxylic acids is 1. The number of fused-ring (bicyclic) bond motifs is 2. The lowest BCUT2D eigenvalue weighted by atomic mass is 10.1. The first-order valence-electron chi connectivity index (χ1n) is 9.21. The summed E-state index contributed by atoms with van der Waals surface area (Å²) < 4.78 is 21.2. The van der Waals surface area contributed by atoms with Crippen LogP contribution in [-0.4, -0.2) is 12.8 Å². The molecule has 0 N–H and O–H groups in total. The molecule has 0 bridgehead atoms. The van der Waals surface area contributed by atoms with Gasteiger partial charge >= 0.3 is 6.16 Å². The molecule has 0 spiro atoms. The molecule has 0 aliphatic carbocycles. The Morgan fingerprint density at radius 2 is 1.76 bits per heavy atom. The molecule has 0 radical (unpaired) electrons. The van der Waals surface area contributed by atoms with E-state index in [4.69, 9.17) is 18.6 Å². The van der Waals surface area contributed by atoms with Crippen LogP contribution < -0.4 is 14.9 Å². The molecule has 4 aromatic rings. The molecule has 0 amide bonds. The minimum atomic E-state index is -0.801. The predicted octanol–water partition coefficient (Wildman–Crippen LogP) is 5.66. The van der Waals surface area contributed by atoms with E-state index in [1.807, 2.05) is 43.3 Å². The summed E-state index contributed by atoms with van der Waals surface area (Å²) in [6.07, 6.45) is 1.14. The molecule has 1 heterocycles. The lowest BCUT2D eigenvalue weighted by Crippen LogP contribution is -2.11. The molecule has 0 atom stereocenters. The van der Waals surface area contributed by atoms with E-state index in [1.54, 1.807) is 6.07 Å². The highest BCUT2D eigenvalue weighted by Crippen LogP contribution is 2.26. The van der Waals surface area contributed by atoms with Crippen LogP contribution >= 0.6 is 0 Å². The number of ether oxygens (including phenoxy) is 3. The summed E-state index contributed by atoms with van der Waals surface area (Å²) in [5.74, 6) is 0.836. The second-order valence-electron chi connectivity index (χ2n) is 6.40. The molecular formula is C23H18O6. The van der Waals surface area contributed by atoms with E-state index < -0.39 is 6.16 Å². The molecule has 146 valence electrons. The molecule has 0 aliphatic rings. The van der Waals surface area contributed by atoms with Gasteiger partial charge in [-0.3, -0.25) is 4.79 Å². The third-order valence-corrected chi connectivity index (χ3v) is 4.29. The zero-order valence-electron chi connectivity index (χ0n) is 15.7. The second kappa shape index (κ2) is 8.06. The van der Waals surface area contributed by atoms with Crippen LogP contribution in [-0.2, 0) is 4.74 Å². The van der Waals surface area contributed by atoms with Crippen LogP contribution in [0.3, 0.4) is 0 Å². The summed E-state index contributed by atoms with van der Waals surface area (Å²) >= 11 is 0. The Hall–Kier alpha value is -3.80. The quantitative estimate of drug-likeness (QED) is 0.323. The topological polar surface area (TPSA) is 75.0 Å². The van der Waals surface area contributed by atoms with Gasteiger partial charge in [0.2, 0.25) is 11.2 Å². The summed E-state index contributed by atoms with van der Waals surface area (Å²) in [6.45, 7) is 2.16. The van der Waals surface area contributed by atoms with Gasteiger partial charge in [-0.2, -0.15) is 0 Å². The Morgan fingerprint density at radius 3 is 2.59 bits per heavy atom. The van der Waals surface area contributed by atoms with Crippen molar-refractivity contribution in [3.05, 3.63) is 77.2 Å². The molecular weight excluding hydrogens is 372 g/mol. The van der Waals surface area contributed by atoms with Crippen LogP contribution in [0.5, 0.6) is 17.2 Å². The highest BCUT2D eigenvalue weighted by atomic mass is 16.7. The molecule has 3 aromatic carbocycles. The van der Waals surface area contributed by atoms with Gasteiger partial charge in [0.15, 0.2) is 0 Å². The van der Waals surface area contributed by atoms with Crippen molar-refractivity contribution in [2.24, 2.45) is 0 Å². The fourth-order valence-electron chi connectivity index (χ4n) is 2.89. The number of hydrogen-bond acceptors (Lipinski definition) is 6. The minimum Gasteiger partial charge on any atom is -0.460 e. The van der Waals surface area contributed by atoms with Crippen LogP contribution in [0, 0.1) is 0 Å². The van der Waals surface area contributed by atoms with Crippen LogP contribution in [0.4, 0.5) is 4.79 Å². The van der Waals surface area contributed by atoms with Crippen LogP contribution in [0.25, 0.3) is 21.7 Å². The van der Waals surface area contributed by atoms with Crippen molar-refractivity contribution < 1.29 is 23.4 Å². The van der Waals surface area contributed by atoms with E-state index in [9.17, 15) is 9.59 Å². The van der Waals surface area contributed by atoms with Crippen LogP contribution in [0.15, 0.2) is 76.1 Å². The summed E-state index contributed by atoms with van der Waals surface area (Å²) in [7, 11) is 0. The fraction of sp³-hybridized carbons (Fsp3) is 0.130. The molecule has 0 fully saturated rings. The first kappa shape index (κ1) is 18.6. The van der Waals surface area contributed by atoms with Gasteiger partial charge in [0.1, 0.15) is 23.3 Å². The van der Waals surface area contributed by atoms with Gasteiger partial charge in [-0.05, 0) is 41.5 Å². The molecule has 6 heteroatoms. The van der Waals surface area contributed by atoms with E-state index in [0.29, 0.717) is 17.6 Å². The summed E-state index contributed by atoms with van der Waals surface area (Å²) in [6, 6.07) is 17.9. The van der Waals surface area contributed by atoms with Gasteiger partial charge in [0.25, 0.3) is 0 Å². The first-order chi connectivity index (χ1) is 14.1. The van der Waals surface area contributed by atoms with Crippen molar-refractivity contribution in [3.8, 4) is 17.2 Å². The third-order valence-electron chi connectivity index (χ3n) is 4.29. The van der Waals surface area contributed by atoms with Gasteiger partial charge in [-0.1, -0.05) is 37.3 Å². The Labute approximate surface area is 166 Å². The van der Waals surface area contributed by atoms with Crippen molar-refractivity contribution >= 4 is 27.9 Å². The van der Waals surface area contributed by atoms with Crippen molar-refractivity contribution in [1.82, 2.24) is 0 Å². The summed E-state index contributed by atoms with van der Waals surface area (Å²) in [4.78, 5) is 24.3. The van der Waals surface area contributed by atoms with E-state index in [0.717, 1.165) is 10.8 Å². The average Bonchev–Trinajstić information content (AvgIpc) is 2.74. The average molecular weight is 390 g/mol. The molecule has 0 saturated carbocycles. The smallest absolute Gasteiger partial charge is 0.460 e. The van der Waals surface area contributed by atoms with Gasteiger partial charge in [0, 0.05) is 6.07 Å². The lowest BCUT2D eigenvalue weighted by Gasteiger charge is -2.08. The maximum absolute atomic E-state index is 12.8. The van der Waals surface area contributed by atoms with Crippen LogP contribution in [0.2, 0.25) is 0 Å². The largest absolute Gasteiger partial charge is 0.513 e. The predicted molar refractivity (Wildman–Crippen MR) is 109 cm³/mol. The molecule has 6 nitrogen and oxygen atoms in total. The molecule has 0 unspecified atom stereocenters. The minimum absolute atomic E-state index is 0.0730. The molecule has 0 aliphatic heterocycles. The van der Waals surface area contributed by atoms with E-state index in [1.165, 1.54) is 24.5 Å². The highest BCUT2D eigenvalue weighted by molar-refractivity contribution is 5.84. The Balaban J connectivity index is 1.59. The zero-order chi connectivity index (χ0) is 20.2.